The van der Waals surface area contributed by atoms with Crippen LogP contribution in [-0.4, -0.2) is 22.3 Å². The summed E-state index contributed by atoms with van der Waals surface area (Å²) in [5, 5.41) is 3.05. The minimum atomic E-state index is -4.06. The number of unbranched alkanes of at least 4 members (excludes halogenated alkanes) is 1. The highest BCUT2D eigenvalue weighted by atomic mass is 19.4. The van der Waals surface area contributed by atoms with Gasteiger partial charge in [-0.3, -0.25) is 0 Å². The molecule has 0 amide bonds. The van der Waals surface area contributed by atoms with E-state index in [1.807, 2.05) is 17.7 Å². The molecule has 18 heavy (non-hydrogen) atoms. The van der Waals surface area contributed by atoms with Gasteiger partial charge in [-0.05, 0) is 19.8 Å². The Morgan fingerprint density at radius 3 is 2.78 bits per heavy atom. The normalized spacial score (nSPS) is 11.6. The first-order valence-electron chi connectivity index (χ1n) is 5.87. The second-order valence-corrected chi connectivity index (χ2v) is 4.14. The molecule has 0 atom stereocenters. The number of rotatable bonds is 7. The quantitative estimate of drug-likeness (QED) is 0.601. The van der Waals surface area contributed by atoms with Gasteiger partial charge in [0.2, 0.25) is 5.95 Å². The van der Waals surface area contributed by atoms with Crippen molar-refractivity contribution in [3.63, 3.8) is 0 Å². The number of nitrogens with zero attached hydrogens (tertiary/aromatic N) is 2. The number of hydrogen-bond acceptors (Lipinski definition) is 2. The SMILES string of the molecule is C=CCNc1nc(C)cn1CCCCC(F)(F)F. The van der Waals surface area contributed by atoms with Gasteiger partial charge in [0.25, 0.3) is 0 Å². The zero-order chi connectivity index (χ0) is 13.6. The molecule has 1 aromatic rings. The van der Waals surface area contributed by atoms with E-state index in [4.69, 9.17) is 0 Å². The standard InChI is InChI=1S/C12H18F3N3/c1-3-7-16-11-17-10(2)9-18(11)8-5-4-6-12(13,14)15/h3,9H,1,4-8H2,2H3,(H,16,17). The number of alkyl halides is 3. The Labute approximate surface area is 105 Å². The van der Waals surface area contributed by atoms with Gasteiger partial charge in [0.1, 0.15) is 0 Å². The van der Waals surface area contributed by atoms with Gasteiger partial charge in [0.15, 0.2) is 0 Å². The topological polar surface area (TPSA) is 29.9 Å². The molecule has 3 nitrogen and oxygen atoms in total. The summed E-state index contributed by atoms with van der Waals surface area (Å²) < 4.78 is 37.8. The second-order valence-electron chi connectivity index (χ2n) is 4.14. The lowest BCUT2D eigenvalue weighted by Gasteiger charge is -2.09. The number of aromatic nitrogens is 2. The summed E-state index contributed by atoms with van der Waals surface area (Å²) in [6.07, 6.45) is -0.623. The first-order valence-corrected chi connectivity index (χ1v) is 5.87. The molecule has 6 heteroatoms. The Morgan fingerprint density at radius 1 is 1.44 bits per heavy atom. The average molecular weight is 261 g/mol. The van der Waals surface area contributed by atoms with Gasteiger partial charge < -0.3 is 9.88 Å². The van der Waals surface area contributed by atoms with Crippen molar-refractivity contribution in [1.82, 2.24) is 9.55 Å². The molecule has 0 saturated heterocycles. The van der Waals surface area contributed by atoms with Crippen LogP contribution in [0.4, 0.5) is 19.1 Å². The summed E-state index contributed by atoms with van der Waals surface area (Å²) in [6, 6.07) is 0. The van der Waals surface area contributed by atoms with Crippen molar-refractivity contribution in [3.05, 3.63) is 24.5 Å². The smallest absolute Gasteiger partial charge is 0.352 e. The summed E-state index contributed by atoms with van der Waals surface area (Å²) in [5.41, 5.74) is 0.845. The van der Waals surface area contributed by atoms with Crippen LogP contribution in [0.15, 0.2) is 18.9 Å². The summed E-state index contributed by atoms with van der Waals surface area (Å²) in [7, 11) is 0. The third-order valence-corrected chi connectivity index (χ3v) is 2.41. The van der Waals surface area contributed by atoms with Crippen LogP contribution in [0.5, 0.6) is 0 Å². The Morgan fingerprint density at radius 2 is 2.17 bits per heavy atom. The molecule has 0 aliphatic carbocycles. The summed E-state index contributed by atoms with van der Waals surface area (Å²) in [5.74, 6) is 0.680. The van der Waals surface area contributed by atoms with Crippen LogP contribution in [0.2, 0.25) is 0 Å². The summed E-state index contributed by atoms with van der Waals surface area (Å²) in [4.78, 5) is 4.26. The lowest BCUT2D eigenvalue weighted by Crippen LogP contribution is -2.09. The molecule has 0 bridgehead atoms. The van der Waals surface area contributed by atoms with Gasteiger partial charge in [-0.2, -0.15) is 13.2 Å². The first kappa shape index (κ1) is 14.6. The highest BCUT2D eigenvalue weighted by Gasteiger charge is 2.25. The molecule has 1 aromatic heterocycles. The molecule has 1 rings (SSSR count). The Balaban J connectivity index is 2.43. The van der Waals surface area contributed by atoms with Crippen molar-refractivity contribution in [2.75, 3.05) is 11.9 Å². The van der Waals surface area contributed by atoms with Crippen molar-refractivity contribution >= 4 is 5.95 Å². The molecule has 0 radical (unpaired) electrons. The molecule has 102 valence electrons. The zero-order valence-corrected chi connectivity index (χ0v) is 10.4. The average Bonchev–Trinajstić information content (AvgIpc) is 2.61. The number of imidazole rings is 1. The highest BCUT2D eigenvalue weighted by molar-refractivity contribution is 5.29. The van der Waals surface area contributed by atoms with Crippen molar-refractivity contribution < 1.29 is 13.2 Å². The van der Waals surface area contributed by atoms with E-state index < -0.39 is 12.6 Å². The maximum Gasteiger partial charge on any atom is 0.389 e. The van der Waals surface area contributed by atoms with E-state index in [0.29, 0.717) is 25.5 Å². The lowest BCUT2D eigenvalue weighted by atomic mass is 10.2. The number of halogens is 3. The Bertz CT molecular complexity index is 382. The molecule has 0 spiro atoms. The fraction of sp³-hybridized carbons (Fsp3) is 0.583. The molecular formula is C12H18F3N3. The molecule has 0 unspecified atom stereocenters. The third-order valence-electron chi connectivity index (χ3n) is 2.41. The first-order chi connectivity index (χ1) is 8.42. The van der Waals surface area contributed by atoms with E-state index in [1.165, 1.54) is 0 Å². The largest absolute Gasteiger partial charge is 0.389 e. The number of anilines is 1. The van der Waals surface area contributed by atoms with Crippen molar-refractivity contribution in [2.45, 2.75) is 38.9 Å². The fourth-order valence-corrected chi connectivity index (χ4v) is 1.63. The molecule has 0 aliphatic rings. The molecule has 1 N–H and O–H groups in total. The van der Waals surface area contributed by atoms with Crippen molar-refractivity contribution in [2.24, 2.45) is 0 Å². The van der Waals surface area contributed by atoms with Crippen molar-refractivity contribution in [3.8, 4) is 0 Å². The van der Waals surface area contributed by atoms with E-state index in [1.54, 1.807) is 6.08 Å². The Kier molecular flexibility index (Phi) is 5.25. The second kappa shape index (κ2) is 6.47. The maximum atomic E-state index is 12.0. The van der Waals surface area contributed by atoms with Crippen LogP contribution >= 0.6 is 0 Å². The number of nitrogens with one attached hydrogen (secondary N) is 1. The summed E-state index contributed by atoms with van der Waals surface area (Å²) >= 11 is 0. The van der Waals surface area contributed by atoms with Gasteiger partial charge in [-0.25, -0.2) is 4.98 Å². The van der Waals surface area contributed by atoms with E-state index in [-0.39, 0.29) is 6.42 Å². The Hall–Kier alpha value is -1.46. The molecule has 0 fully saturated rings. The van der Waals surface area contributed by atoms with Crippen LogP contribution in [0.3, 0.4) is 0 Å². The predicted molar refractivity (Wildman–Crippen MR) is 65.6 cm³/mol. The van der Waals surface area contributed by atoms with E-state index in [2.05, 4.69) is 16.9 Å². The van der Waals surface area contributed by atoms with Crippen LogP contribution in [0.1, 0.15) is 25.0 Å². The predicted octanol–water partition coefficient (Wildman–Crippen LogP) is 3.52. The van der Waals surface area contributed by atoms with Gasteiger partial charge in [0, 0.05) is 25.7 Å². The monoisotopic (exact) mass is 261 g/mol. The molecule has 0 aromatic carbocycles. The van der Waals surface area contributed by atoms with Crippen LogP contribution in [-0.2, 0) is 6.54 Å². The van der Waals surface area contributed by atoms with E-state index in [9.17, 15) is 13.2 Å². The molecule has 0 saturated carbocycles. The van der Waals surface area contributed by atoms with Crippen LogP contribution in [0, 0.1) is 6.92 Å². The van der Waals surface area contributed by atoms with E-state index in [0.717, 1.165) is 5.69 Å². The molecular weight excluding hydrogens is 243 g/mol. The fourth-order valence-electron chi connectivity index (χ4n) is 1.63. The zero-order valence-electron chi connectivity index (χ0n) is 10.4. The van der Waals surface area contributed by atoms with Crippen LogP contribution in [0.25, 0.3) is 0 Å². The summed E-state index contributed by atoms with van der Waals surface area (Å²) in [6.45, 7) is 6.56. The lowest BCUT2D eigenvalue weighted by molar-refractivity contribution is -0.135. The van der Waals surface area contributed by atoms with Gasteiger partial charge in [-0.1, -0.05) is 6.08 Å². The maximum absolute atomic E-state index is 12.0. The number of aryl methyl sites for hydroxylation is 2. The van der Waals surface area contributed by atoms with Crippen molar-refractivity contribution in [1.29, 1.82) is 0 Å². The van der Waals surface area contributed by atoms with E-state index >= 15 is 0 Å². The molecule has 0 aliphatic heterocycles. The molecule has 1 heterocycles. The third kappa shape index (κ3) is 5.25. The minimum absolute atomic E-state index is 0.141. The van der Waals surface area contributed by atoms with Gasteiger partial charge in [0.05, 0.1) is 5.69 Å². The number of hydrogen-bond donors (Lipinski definition) is 1. The highest BCUT2D eigenvalue weighted by Crippen LogP contribution is 2.22. The van der Waals surface area contributed by atoms with Crippen LogP contribution < -0.4 is 5.32 Å². The minimum Gasteiger partial charge on any atom is -0.352 e. The van der Waals surface area contributed by atoms with Gasteiger partial charge in [-0.15, -0.1) is 6.58 Å². The van der Waals surface area contributed by atoms with Gasteiger partial charge >= 0.3 is 6.18 Å².